The van der Waals surface area contributed by atoms with Crippen LogP contribution in [0.2, 0.25) is 0 Å². The molecule has 0 aromatic carbocycles. The summed E-state index contributed by atoms with van der Waals surface area (Å²) >= 11 is 0. The summed E-state index contributed by atoms with van der Waals surface area (Å²) in [6.45, 7) is 1.49. The first-order valence-electron chi connectivity index (χ1n) is 4.07. The summed E-state index contributed by atoms with van der Waals surface area (Å²) in [5.41, 5.74) is 0. The van der Waals surface area contributed by atoms with Gasteiger partial charge < -0.3 is 9.67 Å². The third-order valence-electron chi connectivity index (χ3n) is 1.53. The summed E-state index contributed by atoms with van der Waals surface area (Å²) in [4.78, 5) is 3.70. The molecule has 0 aliphatic carbocycles. The number of imidazole rings is 1. The molecular formula is C7H13N3O3S. The van der Waals surface area contributed by atoms with E-state index in [1.165, 1.54) is 24.0 Å². The van der Waals surface area contributed by atoms with Crippen LogP contribution in [0.5, 0.6) is 0 Å². The number of aliphatic hydroxyl groups excluding tert-OH is 1. The quantitative estimate of drug-likeness (QED) is 0.686. The van der Waals surface area contributed by atoms with Gasteiger partial charge in [-0.3, -0.25) is 0 Å². The van der Waals surface area contributed by atoms with Crippen LogP contribution in [0.4, 0.5) is 0 Å². The van der Waals surface area contributed by atoms with E-state index in [2.05, 4.69) is 9.71 Å². The Balaban J connectivity index is 2.76. The second-order valence-electron chi connectivity index (χ2n) is 3.08. The molecule has 0 unspecified atom stereocenters. The lowest BCUT2D eigenvalue weighted by atomic mass is 10.4. The molecule has 6 nitrogen and oxygen atoms in total. The summed E-state index contributed by atoms with van der Waals surface area (Å²) in [6, 6.07) is 0. The van der Waals surface area contributed by atoms with Gasteiger partial charge in [0.1, 0.15) is 0 Å². The Hall–Kier alpha value is -0.920. The highest BCUT2D eigenvalue weighted by Crippen LogP contribution is 2.03. The van der Waals surface area contributed by atoms with E-state index in [1.807, 2.05) is 0 Å². The Morgan fingerprint density at radius 3 is 2.79 bits per heavy atom. The van der Waals surface area contributed by atoms with E-state index in [0.717, 1.165) is 0 Å². The minimum Gasteiger partial charge on any atom is -0.392 e. The maximum absolute atomic E-state index is 11.5. The fourth-order valence-corrected chi connectivity index (χ4v) is 1.93. The van der Waals surface area contributed by atoms with Gasteiger partial charge in [-0.15, -0.1) is 0 Å². The number of aliphatic hydroxyl groups is 1. The van der Waals surface area contributed by atoms with Crippen molar-refractivity contribution in [1.82, 2.24) is 14.3 Å². The largest absolute Gasteiger partial charge is 0.392 e. The molecular weight excluding hydrogens is 206 g/mol. The summed E-state index contributed by atoms with van der Waals surface area (Å²) in [5, 5.41) is 8.87. The number of hydrogen-bond acceptors (Lipinski definition) is 4. The van der Waals surface area contributed by atoms with E-state index in [-0.39, 0.29) is 11.6 Å². The molecule has 1 atom stereocenters. The molecule has 7 heteroatoms. The Labute approximate surface area is 82.6 Å². The van der Waals surface area contributed by atoms with Crippen LogP contribution in [-0.4, -0.2) is 35.7 Å². The zero-order chi connectivity index (χ0) is 10.8. The molecule has 0 spiro atoms. The number of hydrogen-bond donors (Lipinski definition) is 2. The predicted molar refractivity (Wildman–Crippen MR) is 50.1 cm³/mol. The minimum absolute atomic E-state index is 0.0150. The van der Waals surface area contributed by atoms with Gasteiger partial charge in [-0.1, -0.05) is 0 Å². The number of aryl methyl sites for hydroxylation is 1. The molecule has 1 aromatic heterocycles. The number of rotatable bonds is 4. The highest BCUT2D eigenvalue weighted by atomic mass is 32.2. The number of nitrogens with zero attached hydrogens (tertiary/aromatic N) is 2. The second-order valence-corrected chi connectivity index (χ2v) is 4.79. The predicted octanol–water partition coefficient (Wildman–Crippen LogP) is -0.921. The van der Waals surface area contributed by atoms with Crippen LogP contribution in [0.15, 0.2) is 17.6 Å². The molecule has 0 fully saturated rings. The molecule has 0 radical (unpaired) electrons. The van der Waals surface area contributed by atoms with Gasteiger partial charge in [-0.2, -0.15) is 0 Å². The third kappa shape index (κ3) is 2.79. The van der Waals surface area contributed by atoms with Crippen LogP contribution in [0.1, 0.15) is 6.92 Å². The van der Waals surface area contributed by atoms with Crippen molar-refractivity contribution in [1.29, 1.82) is 0 Å². The highest BCUT2D eigenvalue weighted by molar-refractivity contribution is 7.89. The van der Waals surface area contributed by atoms with E-state index in [9.17, 15) is 8.42 Å². The maximum Gasteiger partial charge on any atom is 0.259 e. The average molecular weight is 219 g/mol. The minimum atomic E-state index is -3.58. The van der Waals surface area contributed by atoms with Gasteiger partial charge in [-0.25, -0.2) is 18.1 Å². The van der Waals surface area contributed by atoms with Crippen molar-refractivity contribution < 1.29 is 13.5 Å². The number of nitrogens with one attached hydrogen (secondary N) is 1. The molecule has 1 rings (SSSR count). The van der Waals surface area contributed by atoms with Crippen molar-refractivity contribution in [3.63, 3.8) is 0 Å². The zero-order valence-electron chi connectivity index (χ0n) is 8.01. The molecule has 80 valence electrons. The molecule has 0 aliphatic rings. The first-order chi connectivity index (χ1) is 6.42. The molecule has 0 saturated carbocycles. The average Bonchev–Trinajstić information content (AvgIpc) is 2.49. The van der Waals surface area contributed by atoms with E-state index >= 15 is 0 Å². The van der Waals surface area contributed by atoms with Crippen molar-refractivity contribution in [3.8, 4) is 0 Å². The van der Waals surface area contributed by atoms with E-state index in [0.29, 0.717) is 0 Å². The van der Waals surface area contributed by atoms with Gasteiger partial charge in [-0.05, 0) is 6.92 Å². The van der Waals surface area contributed by atoms with Crippen LogP contribution in [0.25, 0.3) is 0 Å². The van der Waals surface area contributed by atoms with Crippen LogP contribution in [-0.2, 0) is 17.1 Å². The lowest BCUT2D eigenvalue weighted by Gasteiger charge is -2.05. The number of aromatic nitrogens is 2. The fraction of sp³-hybridized carbons (Fsp3) is 0.571. The fourth-order valence-electron chi connectivity index (χ4n) is 0.832. The Morgan fingerprint density at radius 1 is 1.71 bits per heavy atom. The second kappa shape index (κ2) is 4.07. The topological polar surface area (TPSA) is 84.2 Å². The van der Waals surface area contributed by atoms with Crippen molar-refractivity contribution >= 4 is 10.0 Å². The van der Waals surface area contributed by atoms with E-state index in [1.54, 1.807) is 7.05 Å². The van der Waals surface area contributed by atoms with Gasteiger partial charge in [0.15, 0.2) is 5.03 Å². The molecule has 2 N–H and O–H groups in total. The van der Waals surface area contributed by atoms with Gasteiger partial charge in [0, 0.05) is 19.8 Å². The zero-order valence-corrected chi connectivity index (χ0v) is 8.82. The smallest absolute Gasteiger partial charge is 0.259 e. The summed E-state index contributed by atoms with van der Waals surface area (Å²) < 4.78 is 26.7. The molecule has 14 heavy (non-hydrogen) atoms. The molecule has 0 saturated heterocycles. The van der Waals surface area contributed by atoms with Crippen molar-refractivity contribution in [2.24, 2.45) is 7.05 Å². The lowest BCUT2D eigenvalue weighted by Crippen LogP contribution is -2.30. The first-order valence-corrected chi connectivity index (χ1v) is 5.56. The van der Waals surface area contributed by atoms with Crippen molar-refractivity contribution in [2.75, 3.05) is 6.54 Å². The molecule has 1 heterocycles. The van der Waals surface area contributed by atoms with E-state index in [4.69, 9.17) is 5.11 Å². The third-order valence-corrected chi connectivity index (χ3v) is 2.83. The van der Waals surface area contributed by atoms with Gasteiger partial charge in [0.2, 0.25) is 0 Å². The summed E-state index contributed by atoms with van der Waals surface area (Å²) in [5.74, 6) is 0. The molecule has 1 aromatic rings. The van der Waals surface area contributed by atoms with Gasteiger partial charge in [0.05, 0.1) is 12.4 Å². The van der Waals surface area contributed by atoms with Gasteiger partial charge in [0.25, 0.3) is 10.0 Å². The molecule has 0 amide bonds. The monoisotopic (exact) mass is 219 g/mol. The van der Waals surface area contributed by atoms with Crippen LogP contribution >= 0.6 is 0 Å². The van der Waals surface area contributed by atoms with Crippen LogP contribution < -0.4 is 4.72 Å². The normalized spacial score (nSPS) is 14.2. The molecule has 0 bridgehead atoms. The van der Waals surface area contributed by atoms with Crippen molar-refractivity contribution in [2.45, 2.75) is 18.1 Å². The Kier molecular flexibility index (Phi) is 3.25. The van der Waals surface area contributed by atoms with Crippen molar-refractivity contribution in [3.05, 3.63) is 12.5 Å². The van der Waals surface area contributed by atoms with Crippen LogP contribution in [0, 0.1) is 0 Å². The lowest BCUT2D eigenvalue weighted by molar-refractivity contribution is 0.198. The standard InChI is InChI=1S/C7H13N3O3S/c1-6(11)3-9-14(12,13)7-4-10(2)5-8-7/h4-6,9,11H,3H2,1-2H3/t6-/m0/s1. The maximum atomic E-state index is 11.5. The first kappa shape index (κ1) is 11.2. The van der Waals surface area contributed by atoms with E-state index < -0.39 is 16.1 Å². The molecule has 0 aliphatic heterocycles. The van der Waals surface area contributed by atoms with Crippen LogP contribution in [0.3, 0.4) is 0 Å². The van der Waals surface area contributed by atoms with Gasteiger partial charge >= 0.3 is 0 Å². The summed E-state index contributed by atoms with van der Waals surface area (Å²) in [7, 11) is -1.90. The number of sulfonamides is 1. The Morgan fingerprint density at radius 2 is 2.36 bits per heavy atom. The SMILES string of the molecule is C[C@H](O)CNS(=O)(=O)c1cn(C)cn1. The highest BCUT2D eigenvalue weighted by Gasteiger charge is 2.16. The Bertz CT molecular complexity index is 396. The summed E-state index contributed by atoms with van der Waals surface area (Å²) in [6.07, 6.45) is 2.08.